The summed E-state index contributed by atoms with van der Waals surface area (Å²) in [5.41, 5.74) is 0.686. The SMILES string of the molecule is N#Cc1ccc(OC2CCCCC2)cc1. The Bertz CT molecular complexity index is 344. The lowest BCUT2D eigenvalue weighted by Crippen LogP contribution is -2.19. The predicted octanol–water partition coefficient (Wildman–Crippen LogP) is 3.27. The van der Waals surface area contributed by atoms with Gasteiger partial charge in [0.25, 0.3) is 0 Å². The standard InChI is InChI=1S/C13H15NO/c14-10-11-6-8-13(9-7-11)15-12-4-2-1-3-5-12/h6-9,12H,1-5H2. The van der Waals surface area contributed by atoms with Crippen molar-refractivity contribution in [1.29, 1.82) is 5.26 Å². The lowest BCUT2D eigenvalue weighted by Gasteiger charge is -2.22. The molecule has 0 aliphatic heterocycles. The summed E-state index contributed by atoms with van der Waals surface area (Å²) in [5.74, 6) is 0.890. The molecule has 0 bridgehead atoms. The van der Waals surface area contributed by atoms with Crippen LogP contribution < -0.4 is 4.74 Å². The highest BCUT2D eigenvalue weighted by Gasteiger charge is 2.14. The van der Waals surface area contributed by atoms with E-state index in [1.807, 2.05) is 12.1 Å². The second-order valence-electron chi connectivity index (χ2n) is 4.01. The van der Waals surface area contributed by atoms with Gasteiger partial charge in [-0.25, -0.2) is 0 Å². The minimum Gasteiger partial charge on any atom is -0.490 e. The van der Waals surface area contributed by atoms with Gasteiger partial charge in [0.2, 0.25) is 0 Å². The van der Waals surface area contributed by atoms with Crippen LogP contribution in [-0.4, -0.2) is 6.10 Å². The second kappa shape index (κ2) is 4.84. The summed E-state index contributed by atoms with van der Waals surface area (Å²) in [5, 5.41) is 8.66. The highest BCUT2D eigenvalue weighted by atomic mass is 16.5. The lowest BCUT2D eigenvalue weighted by atomic mass is 9.98. The molecule has 1 aromatic rings. The molecule has 0 atom stereocenters. The molecule has 0 N–H and O–H groups in total. The third-order valence-electron chi connectivity index (χ3n) is 2.84. The zero-order chi connectivity index (χ0) is 10.5. The van der Waals surface area contributed by atoms with Crippen LogP contribution in [0.3, 0.4) is 0 Å². The van der Waals surface area contributed by atoms with Crippen LogP contribution >= 0.6 is 0 Å². The van der Waals surface area contributed by atoms with E-state index in [0.717, 1.165) is 5.75 Å². The molecule has 0 heterocycles. The van der Waals surface area contributed by atoms with Gasteiger partial charge in [-0.05, 0) is 49.9 Å². The molecule has 78 valence electrons. The number of ether oxygens (including phenoxy) is 1. The van der Waals surface area contributed by atoms with Crippen molar-refractivity contribution >= 4 is 0 Å². The van der Waals surface area contributed by atoms with Crippen molar-refractivity contribution in [3.63, 3.8) is 0 Å². The molecule has 0 radical (unpaired) electrons. The molecule has 1 saturated carbocycles. The van der Waals surface area contributed by atoms with Gasteiger partial charge in [-0.15, -0.1) is 0 Å². The average molecular weight is 201 g/mol. The molecule has 0 aromatic heterocycles. The largest absolute Gasteiger partial charge is 0.490 e. The molecular weight excluding hydrogens is 186 g/mol. The van der Waals surface area contributed by atoms with Gasteiger partial charge >= 0.3 is 0 Å². The first-order chi connectivity index (χ1) is 7.38. The molecular formula is C13H15NO. The molecule has 0 saturated heterocycles. The maximum Gasteiger partial charge on any atom is 0.119 e. The van der Waals surface area contributed by atoms with Crippen molar-refractivity contribution in [3.05, 3.63) is 29.8 Å². The van der Waals surface area contributed by atoms with Gasteiger partial charge in [-0.2, -0.15) is 5.26 Å². The predicted molar refractivity (Wildman–Crippen MR) is 58.7 cm³/mol. The Morgan fingerprint density at radius 3 is 2.33 bits per heavy atom. The second-order valence-corrected chi connectivity index (χ2v) is 4.01. The van der Waals surface area contributed by atoms with Crippen LogP contribution in [0.1, 0.15) is 37.7 Å². The summed E-state index contributed by atoms with van der Waals surface area (Å²) in [4.78, 5) is 0. The average Bonchev–Trinajstić information content (AvgIpc) is 2.31. The van der Waals surface area contributed by atoms with E-state index >= 15 is 0 Å². The minimum absolute atomic E-state index is 0.381. The molecule has 2 heteroatoms. The Kier molecular flexibility index (Phi) is 3.24. The van der Waals surface area contributed by atoms with E-state index in [-0.39, 0.29) is 0 Å². The van der Waals surface area contributed by atoms with Gasteiger partial charge < -0.3 is 4.74 Å². The highest BCUT2D eigenvalue weighted by molar-refractivity contribution is 5.34. The van der Waals surface area contributed by atoms with E-state index < -0.39 is 0 Å². The van der Waals surface area contributed by atoms with Crippen LogP contribution in [0.15, 0.2) is 24.3 Å². The van der Waals surface area contributed by atoms with E-state index in [4.69, 9.17) is 10.00 Å². The van der Waals surface area contributed by atoms with E-state index in [0.29, 0.717) is 11.7 Å². The van der Waals surface area contributed by atoms with Gasteiger partial charge in [-0.1, -0.05) is 6.42 Å². The summed E-state index contributed by atoms with van der Waals surface area (Å²) in [6.07, 6.45) is 6.61. The first-order valence-electron chi connectivity index (χ1n) is 5.55. The van der Waals surface area contributed by atoms with Crippen molar-refractivity contribution < 1.29 is 4.74 Å². The Morgan fingerprint density at radius 1 is 1.07 bits per heavy atom. The molecule has 0 amide bonds. The molecule has 1 fully saturated rings. The molecule has 1 aromatic carbocycles. The van der Waals surface area contributed by atoms with E-state index in [1.165, 1.54) is 32.1 Å². The normalized spacial score (nSPS) is 17.0. The molecule has 2 rings (SSSR count). The number of nitrogens with zero attached hydrogens (tertiary/aromatic N) is 1. The van der Waals surface area contributed by atoms with Crippen molar-refractivity contribution in [2.45, 2.75) is 38.2 Å². The van der Waals surface area contributed by atoms with Crippen molar-refractivity contribution in [1.82, 2.24) is 0 Å². The molecule has 2 nitrogen and oxygen atoms in total. The van der Waals surface area contributed by atoms with Gasteiger partial charge in [0.05, 0.1) is 17.7 Å². The maximum atomic E-state index is 8.66. The first kappa shape index (κ1) is 10.0. The summed E-state index contributed by atoms with van der Waals surface area (Å²) in [6.45, 7) is 0. The van der Waals surface area contributed by atoms with Crippen molar-refractivity contribution in [2.24, 2.45) is 0 Å². The van der Waals surface area contributed by atoms with Crippen LogP contribution in [-0.2, 0) is 0 Å². The Balaban J connectivity index is 1.95. The number of benzene rings is 1. The van der Waals surface area contributed by atoms with Gasteiger partial charge in [0.1, 0.15) is 5.75 Å². The fourth-order valence-electron chi connectivity index (χ4n) is 1.98. The van der Waals surface area contributed by atoms with Crippen LogP contribution in [0, 0.1) is 11.3 Å². The summed E-state index contributed by atoms with van der Waals surface area (Å²) < 4.78 is 5.85. The van der Waals surface area contributed by atoms with Crippen molar-refractivity contribution in [2.75, 3.05) is 0 Å². The molecule has 15 heavy (non-hydrogen) atoms. The van der Waals surface area contributed by atoms with Gasteiger partial charge in [-0.3, -0.25) is 0 Å². The Hall–Kier alpha value is -1.49. The Morgan fingerprint density at radius 2 is 1.73 bits per heavy atom. The van der Waals surface area contributed by atoms with Crippen LogP contribution in [0.5, 0.6) is 5.75 Å². The van der Waals surface area contributed by atoms with Crippen LogP contribution in [0.25, 0.3) is 0 Å². The Labute approximate surface area is 90.5 Å². The molecule has 0 unspecified atom stereocenters. The molecule has 1 aliphatic carbocycles. The lowest BCUT2D eigenvalue weighted by molar-refractivity contribution is 0.155. The summed E-state index contributed by atoms with van der Waals surface area (Å²) in [7, 11) is 0. The topological polar surface area (TPSA) is 33.0 Å². The fraction of sp³-hybridized carbons (Fsp3) is 0.462. The zero-order valence-corrected chi connectivity index (χ0v) is 8.78. The monoisotopic (exact) mass is 201 g/mol. The maximum absolute atomic E-state index is 8.66. The number of rotatable bonds is 2. The number of nitriles is 1. The molecule has 1 aliphatic rings. The third-order valence-corrected chi connectivity index (χ3v) is 2.84. The summed E-state index contributed by atoms with van der Waals surface area (Å²) >= 11 is 0. The fourth-order valence-corrected chi connectivity index (χ4v) is 1.98. The van der Waals surface area contributed by atoms with E-state index in [9.17, 15) is 0 Å². The van der Waals surface area contributed by atoms with E-state index in [2.05, 4.69) is 6.07 Å². The summed E-state index contributed by atoms with van der Waals surface area (Å²) in [6, 6.07) is 9.47. The van der Waals surface area contributed by atoms with Crippen LogP contribution in [0.2, 0.25) is 0 Å². The third kappa shape index (κ3) is 2.73. The number of hydrogen-bond acceptors (Lipinski definition) is 2. The highest BCUT2D eigenvalue weighted by Crippen LogP contribution is 2.23. The molecule has 0 spiro atoms. The van der Waals surface area contributed by atoms with Crippen LogP contribution in [0.4, 0.5) is 0 Å². The van der Waals surface area contributed by atoms with Crippen molar-refractivity contribution in [3.8, 4) is 11.8 Å². The van der Waals surface area contributed by atoms with E-state index in [1.54, 1.807) is 12.1 Å². The van der Waals surface area contributed by atoms with Gasteiger partial charge in [0, 0.05) is 0 Å². The first-order valence-corrected chi connectivity index (χ1v) is 5.55. The number of hydrogen-bond donors (Lipinski definition) is 0. The zero-order valence-electron chi connectivity index (χ0n) is 8.78. The smallest absolute Gasteiger partial charge is 0.119 e. The van der Waals surface area contributed by atoms with Gasteiger partial charge in [0.15, 0.2) is 0 Å². The quantitative estimate of drug-likeness (QED) is 0.735. The minimum atomic E-state index is 0.381.